The Morgan fingerprint density at radius 2 is 1.50 bits per heavy atom. The summed E-state index contributed by atoms with van der Waals surface area (Å²) in [7, 11) is 0. The summed E-state index contributed by atoms with van der Waals surface area (Å²) >= 11 is 5.30. The lowest BCUT2D eigenvalue weighted by molar-refractivity contribution is -0.137. The summed E-state index contributed by atoms with van der Waals surface area (Å²) in [4.78, 5) is -0.271. The van der Waals surface area contributed by atoms with Crippen molar-refractivity contribution in [1.29, 1.82) is 0 Å². The zero-order valence-corrected chi connectivity index (χ0v) is 12.2. The second-order valence-corrected chi connectivity index (χ2v) is 5.84. The van der Waals surface area contributed by atoms with Crippen LogP contribution in [0.5, 0.6) is 0 Å². The Hall–Kier alpha value is -1.34. The maximum atomic E-state index is 13.0. The van der Waals surface area contributed by atoms with Crippen LogP contribution in [-0.4, -0.2) is 5.51 Å². The van der Waals surface area contributed by atoms with Crippen LogP contribution in [0, 0.1) is 0 Å². The average Bonchev–Trinajstić information content (AvgIpc) is 2.35. The Balaban J connectivity index is 2.55. The van der Waals surface area contributed by atoms with Gasteiger partial charge in [0, 0.05) is 9.92 Å². The molecule has 0 N–H and O–H groups in total. The molecule has 0 heterocycles. The summed E-state index contributed by atoms with van der Waals surface area (Å²) in [5, 5.41) is -0.0683. The molecule has 0 spiro atoms. The van der Waals surface area contributed by atoms with Gasteiger partial charge in [0.05, 0.1) is 5.56 Å². The first-order valence-corrected chi connectivity index (χ1v) is 6.98. The van der Waals surface area contributed by atoms with Crippen molar-refractivity contribution in [2.45, 2.75) is 16.6 Å². The van der Waals surface area contributed by atoms with Crippen LogP contribution in [0.25, 0.3) is 11.1 Å². The first-order chi connectivity index (χ1) is 10.1. The quantitative estimate of drug-likeness (QED) is 0.429. The van der Waals surface area contributed by atoms with Gasteiger partial charge in [0.15, 0.2) is 0 Å². The minimum absolute atomic E-state index is 0.0211. The molecule has 0 amide bonds. The third-order valence-electron chi connectivity index (χ3n) is 2.65. The van der Waals surface area contributed by atoms with Crippen LogP contribution in [0.1, 0.15) is 5.56 Å². The number of hydrogen-bond donors (Lipinski definition) is 0. The molecule has 0 saturated carbocycles. The molecule has 0 saturated heterocycles. The van der Waals surface area contributed by atoms with Crippen LogP contribution in [0.2, 0.25) is 5.02 Å². The summed E-state index contributed by atoms with van der Waals surface area (Å²) in [5.41, 5.74) is -5.72. The van der Waals surface area contributed by atoms with Gasteiger partial charge in [-0.25, -0.2) is 0 Å². The van der Waals surface area contributed by atoms with Gasteiger partial charge in [-0.3, -0.25) is 0 Å². The van der Waals surface area contributed by atoms with E-state index in [1.54, 1.807) is 0 Å². The highest BCUT2D eigenvalue weighted by atomic mass is 35.5. The lowest BCUT2D eigenvalue weighted by Gasteiger charge is -2.14. The maximum absolute atomic E-state index is 13.0. The molecular formula is C14H7ClF6S. The smallest absolute Gasteiger partial charge is 0.166 e. The van der Waals surface area contributed by atoms with E-state index in [0.717, 1.165) is 18.2 Å². The molecule has 0 aliphatic carbocycles. The molecule has 118 valence electrons. The minimum Gasteiger partial charge on any atom is -0.166 e. The summed E-state index contributed by atoms with van der Waals surface area (Å²) in [6, 6.07) is 7.94. The number of thioether (sulfide) groups is 1. The number of rotatable bonds is 2. The molecule has 0 aliphatic heterocycles. The molecule has 0 atom stereocenters. The van der Waals surface area contributed by atoms with E-state index in [2.05, 4.69) is 0 Å². The van der Waals surface area contributed by atoms with E-state index in [1.807, 2.05) is 0 Å². The first-order valence-electron chi connectivity index (χ1n) is 5.79. The van der Waals surface area contributed by atoms with Crippen LogP contribution in [0.4, 0.5) is 26.3 Å². The Bertz CT molecular complexity index is 678. The zero-order chi connectivity index (χ0) is 16.5. The number of alkyl halides is 6. The lowest BCUT2D eigenvalue weighted by Crippen LogP contribution is -2.07. The standard InChI is InChI=1S/C14H7ClF6S/c15-9-5-8(6-10(7-9)22-14(19,20)21)11-3-1-2-4-12(11)13(16,17)18/h1-7H. The van der Waals surface area contributed by atoms with Crippen molar-refractivity contribution in [2.24, 2.45) is 0 Å². The molecule has 0 nitrogen and oxygen atoms in total. The van der Waals surface area contributed by atoms with Gasteiger partial charge in [-0.15, -0.1) is 0 Å². The van der Waals surface area contributed by atoms with Gasteiger partial charge in [-0.05, 0) is 47.2 Å². The molecule has 2 rings (SSSR count). The Morgan fingerprint density at radius 3 is 2.09 bits per heavy atom. The van der Waals surface area contributed by atoms with Crippen molar-refractivity contribution in [3.63, 3.8) is 0 Å². The van der Waals surface area contributed by atoms with E-state index in [4.69, 9.17) is 11.6 Å². The largest absolute Gasteiger partial charge is 0.446 e. The fourth-order valence-corrected chi connectivity index (χ4v) is 2.83. The van der Waals surface area contributed by atoms with Crippen LogP contribution in [-0.2, 0) is 6.18 Å². The van der Waals surface area contributed by atoms with Crippen LogP contribution < -0.4 is 0 Å². The van der Waals surface area contributed by atoms with Gasteiger partial charge in [0.1, 0.15) is 0 Å². The van der Waals surface area contributed by atoms with E-state index in [0.29, 0.717) is 0 Å². The molecular weight excluding hydrogens is 350 g/mol. The second-order valence-electron chi connectivity index (χ2n) is 4.27. The Labute approximate surface area is 131 Å². The number of halogens is 7. The fraction of sp³-hybridized carbons (Fsp3) is 0.143. The molecule has 8 heteroatoms. The highest BCUT2D eigenvalue weighted by Gasteiger charge is 2.34. The third kappa shape index (κ3) is 4.33. The van der Waals surface area contributed by atoms with Gasteiger partial charge < -0.3 is 0 Å². The van der Waals surface area contributed by atoms with Gasteiger partial charge in [-0.2, -0.15) is 26.3 Å². The summed E-state index contributed by atoms with van der Waals surface area (Å²) in [6.07, 6.45) is -4.61. The minimum atomic E-state index is -4.61. The monoisotopic (exact) mass is 356 g/mol. The van der Waals surface area contributed by atoms with Crippen molar-refractivity contribution in [3.05, 3.63) is 53.1 Å². The van der Waals surface area contributed by atoms with Crippen LogP contribution >= 0.6 is 23.4 Å². The third-order valence-corrected chi connectivity index (χ3v) is 3.57. The van der Waals surface area contributed by atoms with E-state index in [1.165, 1.54) is 24.3 Å². The van der Waals surface area contributed by atoms with Crippen molar-refractivity contribution < 1.29 is 26.3 Å². The molecule has 0 aliphatic rings. The summed E-state index contributed by atoms with van der Waals surface area (Å²) in [5.74, 6) is 0. The number of benzene rings is 2. The fourth-order valence-electron chi connectivity index (χ4n) is 1.89. The van der Waals surface area contributed by atoms with Gasteiger partial charge in [0.2, 0.25) is 0 Å². The van der Waals surface area contributed by atoms with Gasteiger partial charge in [-0.1, -0.05) is 29.8 Å². The van der Waals surface area contributed by atoms with E-state index in [9.17, 15) is 26.3 Å². The maximum Gasteiger partial charge on any atom is 0.446 e. The SMILES string of the molecule is FC(F)(F)Sc1cc(Cl)cc(-c2ccccc2C(F)(F)F)c1. The topological polar surface area (TPSA) is 0 Å². The number of hydrogen-bond acceptors (Lipinski definition) is 1. The van der Waals surface area contributed by atoms with Crippen LogP contribution in [0.15, 0.2) is 47.4 Å². The second kappa shape index (κ2) is 6.04. The molecule has 22 heavy (non-hydrogen) atoms. The highest BCUT2D eigenvalue weighted by Crippen LogP contribution is 2.42. The Kier molecular flexibility index (Phi) is 4.67. The predicted molar refractivity (Wildman–Crippen MR) is 73.8 cm³/mol. The molecule has 2 aromatic carbocycles. The van der Waals surface area contributed by atoms with Crippen molar-refractivity contribution >= 4 is 23.4 Å². The van der Waals surface area contributed by atoms with E-state index >= 15 is 0 Å². The van der Waals surface area contributed by atoms with Gasteiger partial charge in [0.25, 0.3) is 0 Å². The molecule has 0 unspecified atom stereocenters. The molecule has 0 radical (unpaired) electrons. The summed E-state index contributed by atoms with van der Waals surface area (Å²) < 4.78 is 76.2. The van der Waals surface area contributed by atoms with Gasteiger partial charge >= 0.3 is 11.7 Å². The molecule has 0 bridgehead atoms. The van der Waals surface area contributed by atoms with E-state index < -0.39 is 29.0 Å². The molecule has 2 aromatic rings. The van der Waals surface area contributed by atoms with Crippen molar-refractivity contribution in [3.8, 4) is 11.1 Å². The molecule has 0 fully saturated rings. The zero-order valence-electron chi connectivity index (χ0n) is 10.6. The first kappa shape index (κ1) is 17.0. The lowest BCUT2D eigenvalue weighted by atomic mass is 9.99. The highest BCUT2D eigenvalue weighted by molar-refractivity contribution is 8.00. The predicted octanol–water partition coefficient (Wildman–Crippen LogP) is 6.64. The van der Waals surface area contributed by atoms with E-state index in [-0.39, 0.29) is 21.0 Å². The average molecular weight is 357 g/mol. The summed E-state index contributed by atoms with van der Waals surface area (Å²) in [6.45, 7) is 0. The normalized spacial score (nSPS) is 12.5. The van der Waals surface area contributed by atoms with Crippen LogP contribution in [0.3, 0.4) is 0 Å². The Morgan fingerprint density at radius 1 is 0.864 bits per heavy atom. The van der Waals surface area contributed by atoms with Crippen molar-refractivity contribution in [2.75, 3.05) is 0 Å². The molecule has 0 aromatic heterocycles. The van der Waals surface area contributed by atoms with Crippen molar-refractivity contribution in [1.82, 2.24) is 0 Å².